The Balaban J connectivity index is 1.89. The molecule has 2 aromatic rings. The Hall–Kier alpha value is -2.52. The van der Waals surface area contributed by atoms with Crippen LogP contribution >= 0.6 is 0 Å². The molecule has 1 aromatic heterocycles. The molecule has 1 heterocycles. The Labute approximate surface area is 176 Å². The molecule has 3 N–H and O–H groups in total. The summed E-state index contributed by atoms with van der Waals surface area (Å²) < 4.78 is 57.7. The van der Waals surface area contributed by atoms with Gasteiger partial charge in [0.15, 0.2) is 5.60 Å². The van der Waals surface area contributed by atoms with Gasteiger partial charge in [-0.3, -0.25) is 0 Å². The minimum atomic E-state index is -5.01. The fraction of sp³-hybridized carbons (Fsp3) is 0.455. The van der Waals surface area contributed by atoms with E-state index in [0.29, 0.717) is 16.7 Å². The van der Waals surface area contributed by atoms with Crippen LogP contribution in [-0.2, 0) is 0 Å². The van der Waals surface area contributed by atoms with Crippen LogP contribution in [0, 0.1) is 18.3 Å². The van der Waals surface area contributed by atoms with Crippen molar-refractivity contribution < 1.29 is 27.8 Å². The number of allylic oxidation sites excluding steroid dienone is 2. The molecule has 5 nitrogen and oxygen atoms in total. The molecule has 1 saturated carbocycles. The number of nitrogens with zero attached hydrogens (tertiary/aromatic N) is 2. The van der Waals surface area contributed by atoms with Crippen LogP contribution in [0.15, 0.2) is 48.2 Å². The van der Waals surface area contributed by atoms with E-state index in [1.54, 1.807) is 25.1 Å². The fourth-order valence-corrected chi connectivity index (χ4v) is 5.05. The summed E-state index contributed by atoms with van der Waals surface area (Å²) in [5, 5.41) is 24.6. The van der Waals surface area contributed by atoms with Crippen LogP contribution < -0.4 is 5.32 Å². The highest BCUT2D eigenvalue weighted by atomic mass is 19.4. The molecule has 0 radical (unpaired) electrons. The molecule has 0 amide bonds. The third kappa shape index (κ3) is 3.40. The highest BCUT2D eigenvalue weighted by molar-refractivity contribution is 5.91. The van der Waals surface area contributed by atoms with Crippen molar-refractivity contribution in [2.45, 2.75) is 50.9 Å². The van der Waals surface area contributed by atoms with Gasteiger partial charge < -0.3 is 15.5 Å². The number of fused-ring (bicyclic) bond motifs is 2. The summed E-state index contributed by atoms with van der Waals surface area (Å²) in [5.41, 5.74) is -3.87. The van der Waals surface area contributed by atoms with Crippen LogP contribution in [0.3, 0.4) is 0 Å². The van der Waals surface area contributed by atoms with Gasteiger partial charge in [0.1, 0.15) is 5.82 Å². The Kier molecular flexibility index (Phi) is 4.72. The van der Waals surface area contributed by atoms with E-state index >= 15 is 4.39 Å². The maximum Gasteiger partial charge on any atom is 0.419 e. The van der Waals surface area contributed by atoms with Crippen LogP contribution in [0.1, 0.15) is 26.1 Å². The lowest BCUT2D eigenvalue weighted by atomic mass is 9.55. The van der Waals surface area contributed by atoms with E-state index < -0.39 is 41.4 Å². The number of rotatable bonds is 2. The molecular formula is C22H23F4N3O2. The van der Waals surface area contributed by atoms with Gasteiger partial charge in [-0.05, 0) is 42.5 Å². The van der Waals surface area contributed by atoms with E-state index in [2.05, 4.69) is 15.3 Å². The monoisotopic (exact) mass is 437 g/mol. The zero-order valence-corrected chi connectivity index (χ0v) is 17.2. The first-order chi connectivity index (χ1) is 14.3. The lowest BCUT2D eigenvalue weighted by Gasteiger charge is -2.55. The quantitative estimate of drug-likeness (QED) is 0.614. The molecule has 0 bridgehead atoms. The van der Waals surface area contributed by atoms with Crippen molar-refractivity contribution >= 4 is 16.6 Å². The van der Waals surface area contributed by atoms with Crippen molar-refractivity contribution in [1.82, 2.24) is 9.97 Å². The average Bonchev–Trinajstić information content (AvgIpc) is 2.62. The van der Waals surface area contributed by atoms with E-state index in [0.717, 1.165) is 6.08 Å². The van der Waals surface area contributed by atoms with Gasteiger partial charge in [-0.1, -0.05) is 32.1 Å². The first-order valence-electron chi connectivity index (χ1n) is 9.85. The predicted molar refractivity (Wildman–Crippen MR) is 108 cm³/mol. The van der Waals surface area contributed by atoms with Crippen molar-refractivity contribution in [2.24, 2.45) is 11.3 Å². The zero-order chi connectivity index (χ0) is 22.8. The Bertz CT molecular complexity index is 1090. The number of alkyl halides is 4. The SMILES string of the molecule is Cc1ncc2c(NC3C4=CC=CC(O)(F)C4C(C)(C)CC3(O)C(F)(F)F)cccc2n1. The van der Waals surface area contributed by atoms with Crippen molar-refractivity contribution in [3.8, 4) is 0 Å². The second-order valence-corrected chi connectivity index (χ2v) is 9.01. The van der Waals surface area contributed by atoms with Crippen molar-refractivity contribution in [1.29, 1.82) is 0 Å². The minimum absolute atomic E-state index is 0.0615. The predicted octanol–water partition coefficient (Wildman–Crippen LogP) is 4.21. The highest BCUT2D eigenvalue weighted by Gasteiger charge is 2.68. The first kappa shape index (κ1) is 21.7. The normalized spacial score (nSPS) is 32.5. The lowest BCUT2D eigenvalue weighted by molar-refractivity contribution is -0.287. The van der Waals surface area contributed by atoms with Gasteiger partial charge in [0.25, 0.3) is 0 Å². The molecule has 1 fully saturated rings. The molecule has 2 aliphatic carbocycles. The summed E-state index contributed by atoms with van der Waals surface area (Å²) in [7, 11) is 0. The summed E-state index contributed by atoms with van der Waals surface area (Å²) in [6.45, 7) is 4.52. The largest absolute Gasteiger partial charge is 0.419 e. The first-order valence-corrected chi connectivity index (χ1v) is 9.85. The molecule has 4 rings (SSSR count). The summed E-state index contributed by atoms with van der Waals surface area (Å²) in [5.74, 6) is -3.63. The molecule has 4 atom stereocenters. The van der Waals surface area contributed by atoms with Crippen molar-refractivity contribution in [3.63, 3.8) is 0 Å². The summed E-state index contributed by atoms with van der Waals surface area (Å²) in [4.78, 5) is 8.39. The standard InChI is InChI=1S/C22H23F4N3O2/c1-12-27-10-14-15(28-12)7-4-8-16(14)29-18-13-6-5-9-21(23,31)17(13)19(2,3)11-20(18,30)22(24,25)26/h4-10,17-18,29-31H,11H2,1-3H3. The number of benzene rings is 1. The fourth-order valence-electron chi connectivity index (χ4n) is 5.05. The number of hydrogen-bond acceptors (Lipinski definition) is 5. The second-order valence-electron chi connectivity index (χ2n) is 9.01. The maximum atomic E-state index is 15.1. The number of halogens is 4. The molecule has 31 heavy (non-hydrogen) atoms. The Morgan fingerprint density at radius 1 is 1.19 bits per heavy atom. The highest BCUT2D eigenvalue weighted by Crippen LogP contribution is 2.58. The smallest absolute Gasteiger partial charge is 0.379 e. The third-order valence-corrected chi connectivity index (χ3v) is 6.21. The summed E-state index contributed by atoms with van der Waals surface area (Å²) in [6.07, 6.45) is -0.900. The third-order valence-electron chi connectivity index (χ3n) is 6.21. The van der Waals surface area contributed by atoms with Gasteiger partial charge in [-0.25, -0.2) is 14.4 Å². The molecule has 9 heteroatoms. The van der Waals surface area contributed by atoms with Crippen molar-refractivity contribution in [3.05, 3.63) is 54.0 Å². The summed E-state index contributed by atoms with van der Waals surface area (Å²) in [6, 6.07) is 3.13. The van der Waals surface area contributed by atoms with Crippen LogP contribution in [0.4, 0.5) is 23.2 Å². The van der Waals surface area contributed by atoms with Crippen LogP contribution in [0.2, 0.25) is 0 Å². The molecule has 0 aliphatic heterocycles. The Morgan fingerprint density at radius 3 is 2.58 bits per heavy atom. The topological polar surface area (TPSA) is 78.3 Å². The van der Waals surface area contributed by atoms with Gasteiger partial charge in [0.05, 0.1) is 17.5 Å². The molecular weight excluding hydrogens is 414 g/mol. The van der Waals surface area contributed by atoms with E-state index in [-0.39, 0.29) is 11.3 Å². The number of aromatic nitrogens is 2. The maximum absolute atomic E-state index is 15.1. The number of hydrogen-bond donors (Lipinski definition) is 3. The number of nitrogens with one attached hydrogen (secondary N) is 1. The van der Waals surface area contributed by atoms with Gasteiger partial charge in [-0.15, -0.1) is 0 Å². The van der Waals surface area contributed by atoms with E-state index in [1.165, 1.54) is 32.2 Å². The van der Waals surface area contributed by atoms with Crippen LogP contribution in [-0.4, -0.2) is 43.9 Å². The van der Waals surface area contributed by atoms with Gasteiger partial charge in [0.2, 0.25) is 5.85 Å². The van der Waals surface area contributed by atoms with Crippen LogP contribution in [0.25, 0.3) is 10.9 Å². The van der Waals surface area contributed by atoms with Gasteiger partial charge >= 0.3 is 6.18 Å². The average molecular weight is 437 g/mol. The van der Waals surface area contributed by atoms with E-state index in [4.69, 9.17) is 0 Å². The number of aliphatic hydroxyl groups is 2. The molecule has 0 spiro atoms. The van der Waals surface area contributed by atoms with Gasteiger partial charge in [0, 0.05) is 17.3 Å². The minimum Gasteiger partial charge on any atom is -0.379 e. The molecule has 2 aliphatic rings. The summed E-state index contributed by atoms with van der Waals surface area (Å²) >= 11 is 0. The molecule has 1 aromatic carbocycles. The lowest BCUT2D eigenvalue weighted by Crippen LogP contribution is -2.67. The molecule has 4 unspecified atom stereocenters. The van der Waals surface area contributed by atoms with E-state index in [1.807, 2.05) is 0 Å². The number of anilines is 1. The Morgan fingerprint density at radius 2 is 1.90 bits per heavy atom. The second kappa shape index (κ2) is 6.74. The van der Waals surface area contributed by atoms with Gasteiger partial charge in [-0.2, -0.15) is 13.2 Å². The zero-order valence-electron chi connectivity index (χ0n) is 17.2. The van der Waals surface area contributed by atoms with Crippen LogP contribution in [0.5, 0.6) is 0 Å². The van der Waals surface area contributed by atoms with E-state index in [9.17, 15) is 23.4 Å². The van der Waals surface area contributed by atoms with Crippen molar-refractivity contribution in [2.75, 3.05) is 5.32 Å². The number of aryl methyl sites for hydroxylation is 1. The molecule has 0 saturated heterocycles. The molecule has 166 valence electrons.